The maximum atomic E-state index is 3.74. The molecule has 0 spiro atoms. The number of fused-ring (bicyclic) bond motifs is 4. The van der Waals surface area contributed by atoms with Gasteiger partial charge in [0.2, 0.25) is 0 Å². The molecule has 2 N–H and O–H groups in total. The largest absolute Gasteiger partial charge is 0.357 e. The third kappa shape index (κ3) is 2.04. The van der Waals surface area contributed by atoms with Crippen molar-refractivity contribution in [3.05, 3.63) is 71.4 Å². The molecule has 0 saturated carbocycles. The smallest absolute Gasteiger partial charge is 0.0760 e. The molecule has 3 aromatic rings. The summed E-state index contributed by atoms with van der Waals surface area (Å²) >= 11 is 0. The molecule has 5 rings (SSSR count). The van der Waals surface area contributed by atoms with E-state index in [1.165, 1.54) is 27.7 Å². The SMILES string of the molecule is c1ccc(C2c3[nH]c4ccccc4c3CC3CNCCN32)cc1. The Morgan fingerprint density at radius 3 is 2.70 bits per heavy atom. The molecule has 0 bridgehead atoms. The summed E-state index contributed by atoms with van der Waals surface area (Å²) in [5, 5.41) is 4.97. The molecule has 2 aromatic carbocycles. The minimum atomic E-state index is 0.347. The first kappa shape index (κ1) is 13.3. The number of benzene rings is 2. The molecular formula is C20H21N3. The highest BCUT2D eigenvalue weighted by Gasteiger charge is 2.38. The molecule has 23 heavy (non-hydrogen) atoms. The zero-order valence-corrected chi connectivity index (χ0v) is 13.1. The van der Waals surface area contributed by atoms with E-state index >= 15 is 0 Å². The van der Waals surface area contributed by atoms with Crippen LogP contribution in [-0.2, 0) is 6.42 Å². The minimum Gasteiger partial charge on any atom is -0.357 e. The number of rotatable bonds is 1. The monoisotopic (exact) mass is 303 g/mol. The Labute approximate surface area is 136 Å². The quantitative estimate of drug-likeness (QED) is 0.724. The van der Waals surface area contributed by atoms with Gasteiger partial charge < -0.3 is 10.3 Å². The van der Waals surface area contributed by atoms with Crippen LogP contribution in [0.4, 0.5) is 0 Å². The van der Waals surface area contributed by atoms with Crippen LogP contribution in [0.3, 0.4) is 0 Å². The highest BCUT2D eigenvalue weighted by Crippen LogP contribution is 2.40. The molecule has 0 aliphatic carbocycles. The summed E-state index contributed by atoms with van der Waals surface area (Å²) in [5.74, 6) is 0. The zero-order chi connectivity index (χ0) is 15.2. The van der Waals surface area contributed by atoms with E-state index < -0.39 is 0 Å². The van der Waals surface area contributed by atoms with Gasteiger partial charge in [0.15, 0.2) is 0 Å². The first-order chi connectivity index (χ1) is 11.4. The van der Waals surface area contributed by atoms with E-state index in [1.807, 2.05) is 0 Å². The van der Waals surface area contributed by atoms with Crippen molar-refractivity contribution in [2.75, 3.05) is 19.6 Å². The zero-order valence-electron chi connectivity index (χ0n) is 13.1. The Morgan fingerprint density at radius 2 is 1.78 bits per heavy atom. The van der Waals surface area contributed by atoms with Gasteiger partial charge in [-0.3, -0.25) is 4.90 Å². The van der Waals surface area contributed by atoms with Gasteiger partial charge >= 0.3 is 0 Å². The predicted octanol–water partition coefficient (Wildman–Crippen LogP) is 3.09. The van der Waals surface area contributed by atoms with Crippen LogP contribution in [-0.4, -0.2) is 35.6 Å². The molecule has 116 valence electrons. The Balaban J connectivity index is 1.74. The Morgan fingerprint density at radius 1 is 0.957 bits per heavy atom. The lowest BCUT2D eigenvalue weighted by molar-refractivity contribution is 0.110. The molecule has 3 heterocycles. The van der Waals surface area contributed by atoms with E-state index in [0.717, 1.165) is 26.1 Å². The second-order valence-electron chi connectivity index (χ2n) is 6.68. The number of nitrogens with zero attached hydrogens (tertiary/aromatic N) is 1. The van der Waals surface area contributed by atoms with Gasteiger partial charge in [-0.2, -0.15) is 0 Å². The van der Waals surface area contributed by atoms with E-state index in [0.29, 0.717) is 12.1 Å². The van der Waals surface area contributed by atoms with Gasteiger partial charge in [0.1, 0.15) is 0 Å². The van der Waals surface area contributed by atoms with Crippen molar-refractivity contribution in [1.29, 1.82) is 0 Å². The topological polar surface area (TPSA) is 31.1 Å². The molecular weight excluding hydrogens is 282 g/mol. The molecule has 2 atom stereocenters. The van der Waals surface area contributed by atoms with Crippen molar-refractivity contribution in [2.45, 2.75) is 18.5 Å². The molecule has 1 saturated heterocycles. The summed E-state index contributed by atoms with van der Waals surface area (Å²) in [6, 6.07) is 20.6. The number of aromatic amines is 1. The van der Waals surface area contributed by atoms with Crippen LogP contribution in [0.5, 0.6) is 0 Å². The van der Waals surface area contributed by atoms with Gasteiger partial charge in [0.25, 0.3) is 0 Å². The molecule has 1 fully saturated rings. The fourth-order valence-electron chi connectivity index (χ4n) is 4.38. The van der Waals surface area contributed by atoms with Crippen LogP contribution in [0, 0.1) is 0 Å². The van der Waals surface area contributed by atoms with Gasteiger partial charge in [0, 0.05) is 42.3 Å². The molecule has 2 aliphatic heterocycles. The number of piperazine rings is 1. The van der Waals surface area contributed by atoms with Crippen LogP contribution in [0.15, 0.2) is 54.6 Å². The molecule has 1 aromatic heterocycles. The minimum absolute atomic E-state index is 0.347. The molecule has 2 aliphatic rings. The number of para-hydroxylation sites is 1. The normalized spacial score (nSPS) is 24.3. The van der Waals surface area contributed by atoms with Crippen molar-refractivity contribution in [1.82, 2.24) is 15.2 Å². The van der Waals surface area contributed by atoms with E-state index in [-0.39, 0.29) is 0 Å². The highest BCUT2D eigenvalue weighted by molar-refractivity contribution is 5.85. The lowest BCUT2D eigenvalue weighted by Gasteiger charge is -2.45. The fraction of sp³-hybridized carbons (Fsp3) is 0.300. The molecule has 3 heteroatoms. The van der Waals surface area contributed by atoms with Gasteiger partial charge in [-0.15, -0.1) is 0 Å². The molecule has 0 amide bonds. The van der Waals surface area contributed by atoms with Crippen LogP contribution in [0.2, 0.25) is 0 Å². The highest BCUT2D eigenvalue weighted by atomic mass is 15.3. The van der Waals surface area contributed by atoms with Crippen LogP contribution < -0.4 is 5.32 Å². The summed E-state index contributed by atoms with van der Waals surface area (Å²) in [6.45, 7) is 3.27. The third-order valence-corrected chi connectivity index (χ3v) is 5.40. The molecule has 2 unspecified atom stereocenters. The average Bonchev–Trinajstić information content (AvgIpc) is 2.98. The summed E-state index contributed by atoms with van der Waals surface area (Å²) in [4.78, 5) is 6.42. The standard InChI is InChI=1S/C20H21N3/c1-2-6-14(7-3-1)20-19-17(12-15-13-21-10-11-23(15)20)16-8-4-5-9-18(16)22-19/h1-9,15,20-22H,10-13H2. The maximum absolute atomic E-state index is 3.74. The summed E-state index contributed by atoms with van der Waals surface area (Å²) in [6.07, 6.45) is 1.13. The summed E-state index contributed by atoms with van der Waals surface area (Å²) in [5.41, 5.74) is 5.58. The van der Waals surface area contributed by atoms with E-state index in [2.05, 4.69) is 69.8 Å². The van der Waals surface area contributed by atoms with E-state index in [4.69, 9.17) is 0 Å². The average molecular weight is 303 g/mol. The number of nitrogens with one attached hydrogen (secondary N) is 2. The Hall–Kier alpha value is -2.10. The van der Waals surface area contributed by atoms with Gasteiger partial charge in [0.05, 0.1) is 6.04 Å². The number of hydrogen-bond donors (Lipinski definition) is 2. The number of aromatic nitrogens is 1. The van der Waals surface area contributed by atoms with Crippen LogP contribution >= 0.6 is 0 Å². The first-order valence-electron chi connectivity index (χ1n) is 8.53. The van der Waals surface area contributed by atoms with Crippen LogP contribution in [0.1, 0.15) is 22.9 Å². The van der Waals surface area contributed by atoms with E-state index in [1.54, 1.807) is 0 Å². The number of hydrogen-bond acceptors (Lipinski definition) is 2. The Kier molecular flexibility index (Phi) is 3.03. The lowest BCUT2D eigenvalue weighted by atomic mass is 9.87. The third-order valence-electron chi connectivity index (χ3n) is 5.40. The van der Waals surface area contributed by atoms with Gasteiger partial charge in [-0.25, -0.2) is 0 Å². The maximum Gasteiger partial charge on any atom is 0.0760 e. The molecule has 0 radical (unpaired) electrons. The van der Waals surface area contributed by atoms with Crippen molar-refractivity contribution in [2.24, 2.45) is 0 Å². The second kappa shape index (κ2) is 5.22. The number of H-pyrrole nitrogens is 1. The second-order valence-corrected chi connectivity index (χ2v) is 6.68. The van der Waals surface area contributed by atoms with Crippen molar-refractivity contribution in [3.8, 4) is 0 Å². The lowest BCUT2D eigenvalue weighted by Crippen LogP contribution is -2.55. The van der Waals surface area contributed by atoms with Gasteiger partial charge in [-0.05, 0) is 23.6 Å². The molecule has 3 nitrogen and oxygen atoms in total. The Bertz CT molecular complexity index is 836. The fourth-order valence-corrected chi connectivity index (χ4v) is 4.38. The van der Waals surface area contributed by atoms with Crippen molar-refractivity contribution >= 4 is 10.9 Å². The van der Waals surface area contributed by atoms with Crippen molar-refractivity contribution in [3.63, 3.8) is 0 Å². The summed E-state index contributed by atoms with van der Waals surface area (Å²) < 4.78 is 0. The predicted molar refractivity (Wildman–Crippen MR) is 93.7 cm³/mol. The van der Waals surface area contributed by atoms with Crippen molar-refractivity contribution < 1.29 is 0 Å². The van der Waals surface area contributed by atoms with E-state index in [9.17, 15) is 0 Å². The first-order valence-corrected chi connectivity index (χ1v) is 8.53. The van der Waals surface area contributed by atoms with Gasteiger partial charge in [-0.1, -0.05) is 48.5 Å². The summed E-state index contributed by atoms with van der Waals surface area (Å²) in [7, 11) is 0. The van der Waals surface area contributed by atoms with Crippen LogP contribution in [0.25, 0.3) is 10.9 Å².